The van der Waals surface area contributed by atoms with Crippen LogP contribution in [0.25, 0.3) is 11.4 Å². The number of fused-ring (bicyclic) bond motifs is 1. The molecule has 9 heteroatoms. The van der Waals surface area contributed by atoms with Crippen LogP contribution in [0.4, 0.5) is 16.3 Å². The van der Waals surface area contributed by atoms with Gasteiger partial charge in [0.05, 0.1) is 57.4 Å². The van der Waals surface area contributed by atoms with E-state index in [1.165, 1.54) is 0 Å². The molecule has 0 spiro atoms. The Kier molecular flexibility index (Phi) is 6.20. The highest BCUT2D eigenvalue weighted by molar-refractivity contribution is 5.89. The van der Waals surface area contributed by atoms with Crippen molar-refractivity contribution >= 4 is 17.5 Å². The number of urea groups is 1. The number of hydrogen-bond donors (Lipinski definition) is 2. The minimum atomic E-state index is -0.226. The Labute approximate surface area is 187 Å². The summed E-state index contributed by atoms with van der Waals surface area (Å²) in [5.74, 6) is 1.66. The van der Waals surface area contributed by atoms with Crippen molar-refractivity contribution in [3.05, 3.63) is 35.5 Å². The summed E-state index contributed by atoms with van der Waals surface area (Å²) in [5.41, 5.74) is 3.79. The summed E-state index contributed by atoms with van der Waals surface area (Å²) in [6, 6.07) is 7.81. The van der Waals surface area contributed by atoms with E-state index in [4.69, 9.17) is 24.2 Å². The van der Waals surface area contributed by atoms with E-state index in [1.54, 1.807) is 0 Å². The van der Waals surface area contributed by atoms with Crippen LogP contribution in [0.1, 0.15) is 24.6 Å². The van der Waals surface area contributed by atoms with Gasteiger partial charge >= 0.3 is 6.03 Å². The van der Waals surface area contributed by atoms with Gasteiger partial charge in [-0.1, -0.05) is 6.92 Å². The summed E-state index contributed by atoms with van der Waals surface area (Å²) in [6.07, 6.45) is 1.77. The number of rotatable bonds is 5. The molecule has 2 fully saturated rings. The third kappa shape index (κ3) is 4.41. The second-order valence-corrected chi connectivity index (χ2v) is 8.34. The molecular formula is C23H29N5O4. The van der Waals surface area contributed by atoms with Crippen molar-refractivity contribution in [2.24, 2.45) is 0 Å². The van der Waals surface area contributed by atoms with Crippen LogP contribution in [-0.2, 0) is 27.2 Å². The Hall–Kier alpha value is -2.75. The molecule has 3 aliphatic heterocycles. The van der Waals surface area contributed by atoms with Crippen LogP contribution in [0.2, 0.25) is 0 Å². The minimum Gasteiger partial charge on any atom is -0.377 e. The van der Waals surface area contributed by atoms with E-state index in [2.05, 4.69) is 22.5 Å². The Balaban J connectivity index is 1.40. The van der Waals surface area contributed by atoms with Crippen LogP contribution in [0, 0.1) is 0 Å². The molecule has 0 aliphatic carbocycles. The number of nitrogens with zero attached hydrogens (tertiary/aromatic N) is 3. The molecule has 9 nitrogen and oxygen atoms in total. The first-order valence-electron chi connectivity index (χ1n) is 11.3. The van der Waals surface area contributed by atoms with Crippen molar-refractivity contribution < 1.29 is 19.0 Å². The van der Waals surface area contributed by atoms with Crippen molar-refractivity contribution in [1.82, 2.24) is 15.3 Å². The van der Waals surface area contributed by atoms with Gasteiger partial charge < -0.3 is 29.7 Å². The van der Waals surface area contributed by atoms with Gasteiger partial charge in [-0.15, -0.1) is 0 Å². The third-order valence-electron chi connectivity index (χ3n) is 6.15. The molecule has 4 heterocycles. The average molecular weight is 440 g/mol. The molecule has 170 valence electrons. The Bertz CT molecular complexity index is 964. The van der Waals surface area contributed by atoms with Gasteiger partial charge in [0.15, 0.2) is 5.82 Å². The number of carbonyl (C=O) groups excluding carboxylic acids is 1. The van der Waals surface area contributed by atoms with Crippen LogP contribution in [0.3, 0.4) is 0 Å². The zero-order valence-corrected chi connectivity index (χ0v) is 18.3. The SMILES string of the molecule is CCC1COCCN1c1nc(-c2ccc(NC(=O)NC3COC3)cc2)nc2c1COCC2. The number of anilines is 2. The fourth-order valence-electron chi connectivity index (χ4n) is 4.23. The highest BCUT2D eigenvalue weighted by atomic mass is 16.5. The maximum absolute atomic E-state index is 12.1. The van der Waals surface area contributed by atoms with Crippen LogP contribution >= 0.6 is 0 Å². The fraction of sp³-hybridized carbons (Fsp3) is 0.522. The lowest BCUT2D eigenvalue weighted by Crippen LogP contribution is -2.49. The van der Waals surface area contributed by atoms with Gasteiger partial charge in [-0.05, 0) is 30.7 Å². The lowest BCUT2D eigenvalue weighted by atomic mass is 10.1. The fourth-order valence-corrected chi connectivity index (χ4v) is 4.23. The smallest absolute Gasteiger partial charge is 0.319 e. The molecule has 0 saturated carbocycles. The van der Waals surface area contributed by atoms with Gasteiger partial charge in [0, 0.05) is 29.8 Å². The summed E-state index contributed by atoms with van der Waals surface area (Å²) < 4.78 is 16.5. The van der Waals surface area contributed by atoms with E-state index < -0.39 is 0 Å². The zero-order chi connectivity index (χ0) is 21.9. The molecule has 32 heavy (non-hydrogen) atoms. The molecule has 1 unspecified atom stereocenters. The van der Waals surface area contributed by atoms with Crippen molar-refractivity contribution in [3.8, 4) is 11.4 Å². The topological polar surface area (TPSA) is 97.8 Å². The first-order chi connectivity index (χ1) is 15.7. The second kappa shape index (κ2) is 9.40. The van der Waals surface area contributed by atoms with Gasteiger partial charge in [-0.25, -0.2) is 14.8 Å². The molecule has 2 saturated heterocycles. The Morgan fingerprint density at radius 1 is 1.09 bits per heavy atom. The predicted octanol–water partition coefficient (Wildman–Crippen LogP) is 2.35. The quantitative estimate of drug-likeness (QED) is 0.738. The number of hydrogen-bond acceptors (Lipinski definition) is 7. The molecule has 3 aliphatic rings. The lowest BCUT2D eigenvalue weighted by molar-refractivity contribution is 0.000735. The molecule has 5 rings (SSSR count). The predicted molar refractivity (Wildman–Crippen MR) is 120 cm³/mol. The molecule has 1 atom stereocenters. The van der Waals surface area contributed by atoms with Crippen LogP contribution < -0.4 is 15.5 Å². The molecule has 2 amide bonds. The first-order valence-corrected chi connectivity index (χ1v) is 11.3. The number of nitrogens with one attached hydrogen (secondary N) is 2. The largest absolute Gasteiger partial charge is 0.377 e. The molecule has 1 aromatic carbocycles. The van der Waals surface area contributed by atoms with Crippen LogP contribution in [0.15, 0.2) is 24.3 Å². The van der Waals surface area contributed by atoms with E-state index in [0.717, 1.165) is 47.7 Å². The van der Waals surface area contributed by atoms with E-state index >= 15 is 0 Å². The van der Waals surface area contributed by atoms with Gasteiger partial charge in [0.1, 0.15) is 5.82 Å². The third-order valence-corrected chi connectivity index (χ3v) is 6.15. The lowest BCUT2D eigenvalue weighted by Gasteiger charge is -2.38. The minimum absolute atomic E-state index is 0.0905. The first kappa shape index (κ1) is 21.1. The van der Waals surface area contributed by atoms with Crippen LogP contribution in [-0.4, -0.2) is 67.7 Å². The monoisotopic (exact) mass is 439 g/mol. The summed E-state index contributed by atoms with van der Waals surface area (Å²) >= 11 is 0. The van der Waals surface area contributed by atoms with Crippen molar-refractivity contribution in [3.63, 3.8) is 0 Å². The van der Waals surface area contributed by atoms with E-state index in [-0.39, 0.29) is 12.1 Å². The van der Waals surface area contributed by atoms with E-state index in [9.17, 15) is 4.79 Å². The van der Waals surface area contributed by atoms with E-state index in [1.807, 2.05) is 24.3 Å². The highest BCUT2D eigenvalue weighted by Crippen LogP contribution is 2.31. The molecule has 2 aromatic rings. The number of amides is 2. The van der Waals surface area contributed by atoms with Gasteiger partial charge in [0.25, 0.3) is 0 Å². The average Bonchev–Trinajstić information content (AvgIpc) is 2.81. The Morgan fingerprint density at radius 2 is 1.94 bits per heavy atom. The molecule has 0 radical (unpaired) electrons. The Morgan fingerprint density at radius 3 is 2.69 bits per heavy atom. The normalized spacial score (nSPS) is 20.9. The maximum Gasteiger partial charge on any atom is 0.319 e. The van der Waals surface area contributed by atoms with Crippen molar-refractivity contribution in [1.29, 1.82) is 0 Å². The number of benzene rings is 1. The molecule has 1 aromatic heterocycles. The zero-order valence-electron chi connectivity index (χ0n) is 18.3. The summed E-state index contributed by atoms with van der Waals surface area (Å²) in [4.78, 5) is 24.3. The molecular weight excluding hydrogens is 410 g/mol. The maximum atomic E-state index is 12.1. The second-order valence-electron chi connectivity index (χ2n) is 8.34. The van der Waals surface area contributed by atoms with Crippen molar-refractivity contribution in [2.75, 3.05) is 49.8 Å². The highest BCUT2D eigenvalue weighted by Gasteiger charge is 2.28. The summed E-state index contributed by atoms with van der Waals surface area (Å²) in [5, 5.41) is 5.73. The van der Waals surface area contributed by atoms with Crippen molar-refractivity contribution in [2.45, 2.75) is 38.5 Å². The number of carbonyl (C=O) groups is 1. The van der Waals surface area contributed by atoms with Gasteiger partial charge in [-0.2, -0.15) is 0 Å². The number of aromatic nitrogens is 2. The van der Waals surface area contributed by atoms with E-state index in [0.29, 0.717) is 51.5 Å². The summed E-state index contributed by atoms with van der Waals surface area (Å²) in [7, 11) is 0. The standard InChI is InChI=1S/C23H29N5O4/c1-2-18-13-31-10-8-28(18)22-19-14-30-9-7-20(19)26-21(27-22)15-3-5-16(6-4-15)24-23(29)25-17-11-32-12-17/h3-6,17-18H,2,7-14H2,1H3,(H2,24,25,29). The number of ether oxygens (including phenoxy) is 3. The molecule has 0 bridgehead atoms. The molecule has 2 N–H and O–H groups in total. The van der Waals surface area contributed by atoms with Crippen LogP contribution in [0.5, 0.6) is 0 Å². The number of morpholine rings is 1. The van der Waals surface area contributed by atoms with Gasteiger partial charge in [0.2, 0.25) is 0 Å². The summed E-state index contributed by atoms with van der Waals surface area (Å²) in [6.45, 7) is 6.75. The van der Waals surface area contributed by atoms with Gasteiger partial charge in [-0.3, -0.25) is 0 Å².